The molecule has 6 nitrogen and oxygen atoms in total. The van der Waals surface area contributed by atoms with Gasteiger partial charge < -0.3 is 15.5 Å². The maximum absolute atomic E-state index is 12.5. The first-order valence-electron chi connectivity index (χ1n) is 8.36. The van der Waals surface area contributed by atoms with Crippen molar-refractivity contribution in [1.82, 2.24) is 20.5 Å². The third kappa shape index (κ3) is 5.41. The molecule has 2 heterocycles. The maximum Gasteiger partial charge on any atom is 0.242 e. The fourth-order valence-corrected chi connectivity index (χ4v) is 3.56. The molecule has 0 aliphatic carbocycles. The largest absolute Gasteiger partial charge is 0.350 e. The molecular formula is C18H24IN5OS. The van der Waals surface area contributed by atoms with Crippen LogP contribution in [0.1, 0.15) is 21.8 Å². The molecule has 0 fully saturated rings. The van der Waals surface area contributed by atoms with Crippen molar-refractivity contribution in [2.24, 2.45) is 4.99 Å². The van der Waals surface area contributed by atoms with Crippen molar-refractivity contribution in [3.63, 3.8) is 0 Å². The molecule has 1 aromatic heterocycles. The molecule has 0 spiro atoms. The monoisotopic (exact) mass is 485 g/mol. The summed E-state index contributed by atoms with van der Waals surface area (Å²) < 4.78 is 0. The molecule has 0 unspecified atom stereocenters. The van der Waals surface area contributed by atoms with Crippen LogP contribution in [0.3, 0.4) is 0 Å². The number of aryl methyl sites for hydroxylation is 1. The molecule has 2 N–H and O–H groups in total. The van der Waals surface area contributed by atoms with Gasteiger partial charge in [0.05, 0.1) is 13.1 Å². The van der Waals surface area contributed by atoms with Crippen LogP contribution < -0.4 is 10.6 Å². The molecule has 0 radical (unpaired) electrons. The van der Waals surface area contributed by atoms with Crippen molar-refractivity contribution < 1.29 is 4.79 Å². The number of nitrogens with one attached hydrogen (secondary N) is 2. The summed E-state index contributed by atoms with van der Waals surface area (Å²) in [6.07, 6.45) is 0.915. The lowest BCUT2D eigenvalue weighted by Crippen LogP contribution is -2.45. The van der Waals surface area contributed by atoms with E-state index in [1.807, 2.05) is 23.3 Å². The van der Waals surface area contributed by atoms with Gasteiger partial charge in [-0.1, -0.05) is 24.3 Å². The maximum atomic E-state index is 12.5. The van der Waals surface area contributed by atoms with Crippen molar-refractivity contribution in [3.8, 4) is 0 Å². The molecule has 1 aromatic carbocycles. The van der Waals surface area contributed by atoms with Crippen LogP contribution in [-0.2, 0) is 24.3 Å². The Balaban J connectivity index is 0.00000243. The van der Waals surface area contributed by atoms with Gasteiger partial charge in [-0.05, 0) is 24.5 Å². The summed E-state index contributed by atoms with van der Waals surface area (Å²) >= 11 is 1.61. The second-order valence-electron chi connectivity index (χ2n) is 6.00. The minimum absolute atomic E-state index is 0. The Labute approximate surface area is 175 Å². The number of guanidine groups is 1. The highest BCUT2D eigenvalue weighted by Crippen LogP contribution is 2.18. The zero-order chi connectivity index (χ0) is 17.6. The van der Waals surface area contributed by atoms with Crippen LogP contribution >= 0.6 is 35.3 Å². The topological polar surface area (TPSA) is 69.6 Å². The molecule has 0 atom stereocenters. The Hall–Kier alpha value is -1.68. The average Bonchev–Trinajstić information content (AvgIpc) is 3.06. The molecule has 0 bridgehead atoms. The number of aromatic nitrogens is 1. The second kappa shape index (κ2) is 9.86. The minimum atomic E-state index is 0. The van der Waals surface area contributed by atoms with Gasteiger partial charge in [0.25, 0.3) is 0 Å². The first kappa shape index (κ1) is 20.6. The summed E-state index contributed by atoms with van der Waals surface area (Å²) in [4.78, 5) is 22.9. The summed E-state index contributed by atoms with van der Waals surface area (Å²) in [7, 11) is 1.70. The summed E-state index contributed by atoms with van der Waals surface area (Å²) in [5, 5.41) is 9.30. The number of nitrogens with zero attached hydrogens (tertiary/aromatic N) is 3. The quantitative estimate of drug-likeness (QED) is 0.397. The van der Waals surface area contributed by atoms with Crippen molar-refractivity contribution in [1.29, 1.82) is 0 Å². The number of carbonyl (C=O) groups excluding carboxylic acids is 1. The lowest BCUT2D eigenvalue weighted by molar-refractivity contribution is -0.130. The smallest absolute Gasteiger partial charge is 0.242 e. The number of aliphatic imine (C=N–C) groups is 1. The number of carbonyl (C=O) groups is 1. The lowest BCUT2D eigenvalue weighted by Gasteiger charge is -2.29. The van der Waals surface area contributed by atoms with Crippen LogP contribution in [0, 0.1) is 6.92 Å². The average molecular weight is 485 g/mol. The lowest BCUT2D eigenvalue weighted by atomic mass is 10.00. The van der Waals surface area contributed by atoms with Gasteiger partial charge in [0.2, 0.25) is 5.91 Å². The van der Waals surface area contributed by atoms with E-state index in [-0.39, 0.29) is 36.4 Å². The highest BCUT2D eigenvalue weighted by molar-refractivity contribution is 14.0. The van der Waals surface area contributed by atoms with E-state index in [1.54, 1.807) is 18.4 Å². The van der Waals surface area contributed by atoms with E-state index in [9.17, 15) is 4.79 Å². The Morgan fingerprint density at radius 2 is 2.08 bits per heavy atom. The summed E-state index contributed by atoms with van der Waals surface area (Å²) in [6.45, 7) is 4.26. The van der Waals surface area contributed by atoms with Crippen molar-refractivity contribution in [2.75, 3.05) is 20.1 Å². The first-order chi connectivity index (χ1) is 12.2. The van der Waals surface area contributed by atoms with Crippen LogP contribution in [0.4, 0.5) is 0 Å². The fraction of sp³-hybridized carbons (Fsp3) is 0.389. The molecule has 1 amide bonds. The highest BCUT2D eigenvalue weighted by Gasteiger charge is 2.20. The van der Waals surface area contributed by atoms with Crippen LogP contribution in [0.2, 0.25) is 0 Å². The second-order valence-corrected chi connectivity index (χ2v) is 6.94. The number of fused-ring (bicyclic) bond motifs is 1. The molecule has 3 rings (SSSR count). The number of benzene rings is 1. The molecular weight excluding hydrogens is 461 g/mol. The van der Waals surface area contributed by atoms with Crippen LogP contribution in [-0.4, -0.2) is 41.9 Å². The highest BCUT2D eigenvalue weighted by atomic mass is 127. The van der Waals surface area contributed by atoms with Gasteiger partial charge in [0, 0.05) is 31.2 Å². The molecule has 2 aromatic rings. The molecule has 26 heavy (non-hydrogen) atoms. The van der Waals surface area contributed by atoms with E-state index in [4.69, 9.17) is 0 Å². The Morgan fingerprint density at radius 1 is 1.31 bits per heavy atom. The zero-order valence-corrected chi connectivity index (χ0v) is 18.1. The third-order valence-electron chi connectivity index (χ3n) is 4.19. The summed E-state index contributed by atoms with van der Waals surface area (Å²) in [5.41, 5.74) is 3.60. The summed E-state index contributed by atoms with van der Waals surface area (Å²) in [5.74, 6) is 0.696. The van der Waals surface area contributed by atoms with Gasteiger partial charge in [-0.2, -0.15) is 0 Å². The Morgan fingerprint density at radius 3 is 2.77 bits per heavy atom. The zero-order valence-electron chi connectivity index (χ0n) is 15.0. The van der Waals surface area contributed by atoms with Crippen LogP contribution in [0.25, 0.3) is 0 Å². The van der Waals surface area contributed by atoms with Gasteiger partial charge in [0.1, 0.15) is 5.01 Å². The predicted molar refractivity (Wildman–Crippen MR) is 116 cm³/mol. The van der Waals surface area contributed by atoms with Crippen LogP contribution in [0.5, 0.6) is 0 Å². The Bertz CT molecular complexity index is 776. The van der Waals surface area contributed by atoms with Gasteiger partial charge >= 0.3 is 0 Å². The Kier molecular flexibility index (Phi) is 7.83. The first-order valence-corrected chi connectivity index (χ1v) is 9.24. The fourth-order valence-electron chi connectivity index (χ4n) is 2.84. The van der Waals surface area contributed by atoms with E-state index < -0.39 is 0 Å². The molecule has 1 aliphatic rings. The van der Waals surface area contributed by atoms with Crippen LogP contribution in [0.15, 0.2) is 34.6 Å². The molecule has 0 saturated heterocycles. The number of halogens is 1. The molecule has 1 aliphatic heterocycles. The number of hydrogen-bond acceptors (Lipinski definition) is 4. The molecule has 0 saturated carbocycles. The van der Waals surface area contributed by atoms with Gasteiger partial charge in [-0.25, -0.2) is 4.98 Å². The number of thiazole rings is 1. The van der Waals surface area contributed by atoms with Gasteiger partial charge in [-0.3, -0.25) is 9.79 Å². The normalized spacial score (nSPS) is 13.6. The summed E-state index contributed by atoms with van der Waals surface area (Å²) in [6, 6.07) is 8.31. The van der Waals surface area contributed by atoms with E-state index in [2.05, 4.69) is 38.8 Å². The standard InChI is InChI=1S/C18H23N5OS.HI/c1-13-12-25-16(22-13)9-20-18(19-2)21-10-17(24)23-8-7-14-5-3-4-6-15(14)11-23;/h3-6,12H,7-11H2,1-2H3,(H2,19,20,21);1H. The SMILES string of the molecule is CN=C(NCC(=O)N1CCc2ccccc2C1)NCc1nc(C)cs1.I. The number of rotatable bonds is 4. The number of hydrogen-bond donors (Lipinski definition) is 2. The van der Waals surface area contributed by atoms with Crippen molar-refractivity contribution in [2.45, 2.75) is 26.4 Å². The van der Waals surface area contributed by atoms with E-state index in [0.29, 0.717) is 19.0 Å². The molecule has 140 valence electrons. The van der Waals surface area contributed by atoms with E-state index in [0.717, 1.165) is 23.7 Å². The minimum Gasteiger partial charge on any atom is -0.350 e. The van der Waals surface area contributed by atoms with Gasteiger partial charge in [-0.15, -0.1) is 35.3 Å². The number of amides is 1. The van der Waals surface area contributed by atoms with E-state index in [1.165, 1.54) is 11.1 Å². The molecule has 8 heteroatoms. The van der Waals surface area contributed by atoms with E-state index >= 15 is 0 Å². The van der Waals surface area contributed by atoms with Crippen molar-refractivity contribution in [3.05, 3.63) is 51.5 Å². The third-order valence-corrected chi connectivity index (χ3v) is 5.15. The van der Waals surface area contributed by atoms with Crippen molar-refractivity contribution >= 4 is 47.2 Å². The predicted octanol–water partition coefficient (Wildman–Crippen LogP) is 2.32. The van der Waals surface area contributed by atoms with Gasteiger partial charge in [0.15, 0.2) is 5.96 Å².